The standard InChI is InChI=1S/C17H20N2OS/c1-10(16-9-14-7-5-6-8-15(14)20-16)18-11(2)17-12(3)19-13(4)21-17/h5-11,18H,1-4H3. The lowest BCUT2D eigenvalue weighted by molar-refractivity contribution is 0.419. The van der Waals surface area contributed by atoms with E-state index < -0.39 is 0 Å². The molecule has 1 aromatic carbocycles. The number of hydrogen-bond donors (Lipinski definition) is 1. The maximum atomic E-state index is 5.93. The van der Waals surface area contributed by atoms with Crippen molar-refractivity contribution in [2.75, 3.05) is 0 Å². The topological polar surface area (TPSA) is 38.1 Å². The van der Waals surface area contributed by atoms with Crippen molar-refractivity contribution in [2.45, 2.75) is 39.8 Å². The smallest absolute Gasteiger partial charge is 0.134 e. The zero-order valence-corrected chi connectivity index (χ0v) is 13.6. The van der Waals surface area contributed by atoms with E-state index >= 15 is 0 Å². The lowest BCUT2D eigenvalue weighted by Crippen LogP contribution is -2.22. The molecule has 0 amide bonds. The van der Waals surface area contributed by atoms with E-state index in [1.807, 2.05) is 18.2 Å². The van der Waals surface area contributed by atoms with Crippen molar-refractivity contribution in [2.24, 2.45) is 0 Å². The molecule has 1 N–H and O–H groups in total. The van der Waals surface area contributed by atoms with Crippen LogP contribution in [0.2, 0.25) is 0 Å². The van der Waals surface area contributed by atoms with E-state index in [2.05, 4.69) is 50.1 Å². The van der Waals surface area contributed by atoms with Crippen molar-refractivity contribution >= 4 is 22.3 Å². The minimum absolute atomic E-state index is 0.161. The first-order valence-electron chi connectivity index (χ1n) is 7.23. The maximum Gasteiger partial charge on any atom is 0.134 e. The second-order valence-corrected chi connectivity index (χ2v) is 6.71. The summed E-state index contributed by atoms with van der Waals surface area (Å²) in [6.45, 7) is 8.44. The Balaban J connectivity index is 1.79. The molecule has 21 heavy (non-hydrogen) atoms. The van der Waals surface area contributed by atoms with Gasteiger partial charge in [0, 0.05) is 16.3 Å². The minimum Gasteiger partial charge on any atom is -0.459 e. The first kappa shape index (κ1) is 14.3. The number of rotatable bonds is 4. The maximum absolute atomic E-state index is 5.93. The quantitative estimate of drug-likeness (QED) is 0.743. The SMILES string of the molecule is Cc1nc(C)c(C(C)NC(C)c2cc3ccccc3o2)s1. The Hall–Kier alpha value is -1.65. The van der Waals surface area contributed by atoms with Gasteiger partial charge in [-0.25, -0.2) is 4.98 Å². The van der Waals surface area contributed by atoms with Crippen LogP contribution >= 0.6 is 11.3 Å². The van der Waals surface area contributed by atoms with Gasteiger partial charge in [0.1, 0.15) is 11.3 Å². The molecule has 0 bridgehead atoms. The number of nitrogens with one attached hydrogen (secondary N) is 1. The van der Waals surface area contributed by atoms with Crippen LogP contribution in [0.15, 0.2) is 34.7 Å². The molecule has 4 heteroatoms. The molecule has 0 saturated heterocycles. The van der Waals surface area contributed by atoms with Crippen LogP contribution in [0.3, 0.4) is 0 Å². The van der Waals surface area contributed by atoms with Crippen LogP contribution in [-0.4, -0.2) is 4.98 Å². The lowest BCUT2D eigenvalue weighted by Gasteiger charge is -2.17. The lowest BCUT2D eigenvalue weighted by atomic mass is 10.1. The van der Waals surface area contributed by atoms with Crippen LogP contribution in [0.1, 0.15) is 47.3 Å². The molecule has 0 spiro atoms. The molecule has 110 valence electrons. The predicted molar refractivity (Wildman–Crippen MR) is 87.8 cm³/mol. The molecule has 0 aliphatic rings. The number of nitrogens with zero attached hydrogens (tertiary/aromatic N) is 1. The van der Waals surface area contributed by atoms with Gasteiger partial charge < -0.3 is 9.73 Å². The Kier molecular flexibility index (Phi) is 3.83. The number of aryl methyl sites for hydroxylation is 2. The highest BCUT2D eigenvalue weighted by atomic mass is 32.1. The van der Waals surface area contributed by atoms with E-state index in [1.165, 1.54) is 4.88 Å². The van der Waals surface area contributed by atoms with Gasteiger partial charge in [0.25, 0.3) is 0 Å². The number of thiazole rings is 1. The first-order chi connectivity index (χ1) is 10.0. The van der Waals surface area contributed by atoms with E-state index in [0.717, 1.165) is 27.4 Å². The Morgan fingerprint density at radius 1 is 1.14 bits per heavy atom. The third-order valence-corrected chi connectivity index (χ3v) is 4.96. The molecule has 0 aliphatic heterocycles. The van der Waals surface area contributed by atoms with Crippen molar-refractivity contribution in [1.29, 1.82) is 0 Å². The highest BCUT2D eigenvalue weighted by Gasteiger charge is 2.18. The summed E-state index contributed by atoms with van der Waals surface area (Å²) in [5.41, 5.74) is 2.06. The van der Waals surface area contributed by atoms with Gasteiger partial charge in [-0.15, -0.1) is 11.3 Å². The van der Waals surface area contributed by atoms with Crippen molar-refractivity contribution in [3.63, 3.8) is 0 Å². The van der Waals surface area contributed by atoms with Crippen molar-refractivity contribution < 1.29 is 4.42 Å². The third-order valence-electron chi connectivity index (χ3n) is 3.70. The van der Waals surface area contributed by atoms with Crippen LogP contribution < -0.4 is 5.32 Å². The summed E-state index contributed by atoms with van der Waals surface area (Å²) >= 11 is 1.76. The monoisotopic (exact) mass is 300 g/mol. The molecule has 3 rings (SSSR count). The molecular formula is C17H20N2OS. The molecule has 2 unspecified atom stereocenters. The van der Waals surface area contributed by atoms with Gasteiger partial charge in [0.2, 0.25) is 0 Å². The van der Waals surface area contributed by atoms with E-state index in [1.54, 1.807) is 11.3 Å². The highest BCUT2D eigenvalue weighted by Crippen LogP contribution is 2.29. The third kappa shape index (κ3) is 2.87. The fourth-order valence-electron chi connectivity index (χ4n) is 2.70. The molecule has 0 radical (unpaired) electrons. The fraction of sp³-hybridized carbons (Fsp3) is 0.353. The van der Waals surface area contributed by atoms with E-state index in [4.69, 9.17) is 4.42 Å². The van der Waals surface area contributed by atoms with Crippen LogP contribution in [-0.2, 0) is 0 Å². The fourth-order valence-corrected chi connectivity index (χ4v) is 3.64. The average molecular weight is 300 g/mol. The van der Waals surface area contributed by atoms with Crippen LogP contribution in [0.4, 0.5) is 0 Å². The van der Waals surface area contributed by atoms with Gasteiger partial charge in [-0.05, 0) is 39.8 Å². The zero-order valence-electron chi connectivity index (χ0n) is 12.8. The molecule has 0 saturated carbocycles. The number of aromatic nitrogens is 1. The summed E-state index contributed by atoms with van der Waals surface area (Å²) in [5, 5.41) is 5.87. The minimum atomic E-state index is 0.161. The molecule has 3 aromatic rings. The largest absolute Gasteiger partial charge is 0.459 e. The molecule has 0 fully saturated rings. The van der Waals surface area contributed by atoms with Crippen LogP contribution in [0, 0.1) is 13.8 Å². The van der Waals surface area contributed by atoms with Crippen LogP contribution in [0.5, 0.6) is 0 Å². The summed E-state index contributed by atoms with van der Waals surface area (Å²) in [4.78, 5) is 5.80. The second kappa shape index (κ2) is 5.62. The molecule has 3 nitrogen and oxygen atoms in total. The number of hydrogen-bond acceptors (Lipinski definition) is 4. The Morgan fingerprint density at radius 3 is 2.57 bits per heavy atom. The van der Waals surface area contributed by atoms with E-state index in [9.17, 15) is 0 Å². The van der Waals surface area contributed by atoms with Gasteiger partial charge in [-0.3, -0.25) is 0 Å². The Morgan fingerprint density at radius 2 is 1.90 bits per heavy atom. The van der Waals surface area contributed by atoms with Gasteiger partial charge in [-0.1, -0.05) is 18.2 Å². The summed E-state index contributed by atoms with van der Waals surface area (Å²) < 4.78 is 5.93. The predicted octanol–water partition coefficient (Wildman–Crippen LogP) is 4.92. The van der Waals surface area contributed by atoms with Crippen molar-refractivity contribution in [1.82, 2.24) is 10.3 Å². The Labute approximate surface area is 129 Å². The second-order valence-electron chi connectivity index (χ2n) is 5.48. The van der Waals surface area contributed by atoms with Gasteiger partial charge in [-0.2, -0.15) is 0 Å². The van der Waals surface area contributed by atoms with E-state index in [-0.39, 0.29) is 12.1 Å². The molecule has 2 heterocycles. The molecule has 2 atom stereocenters. The normalized spacial score (nSPS) is 14.5. The van der Waals surface area contributed by atoms with Crippen LogP contribution in [0.25, 0.3) is 11.0 Å². The summed E-state index contributed by atoms with van der Waals surface area (Å²) in [5.74, 6) is 0.974. The highest BCUT2D eigenvalue weighted by molar-refractivity contribution is 7.11. The summed E-state index contributed by atoms with van der Waals surface area (Å²) in [6, 6.07) is 10.7. The van der Waals surface area contributed by atoms with Crippen molar-refractivity contribution in [3.8, 4) is 0 Å². The number of fused-ring (bicyclic) bond motifs is 1. The van der Waals surface area contributed by atoms with Gasteiger partial charge in [0.15, 0.2) is 0 Å². The van der Waals surface area contributed by atoms with Gasteiger partial charge in [0.05, 0.1) is 16.7 Å². The average Bonchev–Trinajstić information content (AvgIpc) is 3.01. The number of furan rings is 1. The summed E-state index contributed by atoms with van der Waals surface area (Å²) in [7, 11) is 0. The molecular weight excluding hydrogens is 280 g/mol. The molecule has 2 aromatic heterocycles. The Bertz CT molecular complexity index is 726. The van der Waals surface area contributed by atoms with Crippen molar-refractivity contribution in [3.05, 3.63) is 51.7 Å². The van der Waals surface area contributed by atoms with Gasteiger partial charge >= 0.3 is 0 Å². The first-order valence-corrected chi connectivity index (χ1v) is 8.04. The molecule has 0 aliphatic carbocycles. The number of para-hydroxylation sites is 1. The van der Waals surface area contributed by atoms with E-state index in [0.29, 0.717) is 0 Å². The summed E-state index contributed by atoms with van der Waals surface area (Å²) in [6.07, 6.45) is 0. The zero-order chi connectivity index (χ0) is 15.0. The number of benzene rings is 1.